The van der Waals surface area contributed by atoms with Crippen LogP contribution in [-0.2, 0) is 6.54 Å². The van der Waals surface area contributed by atoms with Gasteiger partial charge in [0.2, 0.25) is 0 Å². The third-order valence-corrected chi connectivity index (χ3v) is 5.57. The Labute approximate surface area is 140 Å². The topological polar surface area (TPSA) is 48.0 Å². The van der Waals surface area contributed by atoms with E-state index in [0.717, 1.165) is 55.8 Å². The van der Waals surface area contributed by atoms with Gasteiger partial charge in [-0.3, -0.25) is 9.80 Å². The van der Waals surface area contributed by atoms with Gasteiger partial charge in [-0.15, -0.1) is 0 Å². The Hall–Kier alpha value is -0.820. The van der Waals surface area contributed by atoms with E-state index in [9.17, 15) is 5.11 Å². The summed E-state index contributed by atoms with van der Waals surface area (Å²) in [5, 5.41) is 13.5. The van der Waals surface area contributed by atoms with E-state index in [-0.39, 0.29) is 5.75 Å². The molecule has 6 heteroatoms. The van der Waals surface area contributed by atoms with Crippen LogP contribution in [0.1, 0.15) is 12.0 Å². The molecule has 1 aromatic carbocycles. The smallest absolute Gasteiger partial charge is 0.172 e. The number of hydrogen-bond acceptors (Lipinski definition) is 5. The lowest BCUT2D eigenvalue weighted by atomic mass is 10.2. The van der Waals surface area contributed by atoms with Crippen molar-refractivity contribution in [1.29, 1.82) is 0 Å². The number of rotatable bonds is 4. The minimum atomic E-state index is 0.192. The molecule has 22 heavy (non-hydrogen) atoms. The summed E-state index contributed by atoms with van der Waals surface area (Å²) in [6.45, 7) is 7.62. The maximum Gasteiger partial charge on any atom is 0.172 e. The zero-order valence-electron chi connectivity index (χ0n) is 13.0. The Morgan fingerprint density at radius 2 is 2.09 bits per heavy atom. The van der Waals surface area contributed by atoms with Crippen LogP contribution in [-0.4, -0.2) is 67.3 Å². The number of halogens is 1. The van der Waals surface area contributed by atoms with Crippen LogP contribution < -0.4 is 10.1 Å². The average Bonchev–Trinajstić information content (AvgIpc) is 3.02. The molecule has 2 fully saturated rings. The van der Waals surface area contributed by atoms with Crippen molar-refractivity contribution in [3.8, 4) is 11.5 Å². The lowest BCUT2D eigenvalue weighted by Crippen LogP contribution is -2.49. The Kier molecular flexibility index (Phi) is 5.23. The minimum absolute atomic E-state index is 0.192. The Bertz CT molecular complexity index is 520. The molecule has 122 valence electrons. The van der Waals surface area contributed by atoms with E-state index in [1.54, 1.807) is 7.11 Å². The highest BCUT2D eigenvalue weighted by molar-refractivity contribution is 9.10. The van der Waals surface area contributed by atoms with Crippen molar-refractivity contribution in [2.45, 2.75) is 19.0 Å². The predicted octanol–water partition coefficient (Wildman–Crippen LogP) is 1.64. The van der Waals surface area contributed by atoms with Gasteiger partial charge in [0.25, 0.3) is 0 Å². The molecular weight excluding hydrogens is 346 g/mol. The summed E-state index contributed by atoms with van der Waals surface area (Å²) in [7, 11) is 1.57. The number of methoxy groups -OCH3 is 1. The van der Waals surface area contributed by atoms with Crippen LogP contribution in [0.3, 0.4) is 0 Å². The van der Waals surface area contributed by atoms with Crippen LogP contribution in [0.4, 0.5) is 0 Å². The quantitative estimate of drug-likeness (QED) is 0.844. The first-order valence-corrected chi connectivity index (χ1v) is 8.70. The highest BCUT2D eigenvalue weighted by atomic mass is 79.9. The molecule has 0 aromatic heterocycles. The number of benzene rings is 1. The Balaban J connectivity index is 1.61. The molecule has 2 aliphatic rings. The second kappa shape index (κ2) is 7.17. The lowest BCUT2D eigenvalue weighted by Gasteiger charge is -2.32. The normalized spacial score (nSPS) is 23.8. The number of phenols is 1. The summed E-state index contributed by atoms with van der Waals surface area (Å²) in [6, 6.07) is 4.53. The SMILES string of the molecule is COc1ccc(CN2CCC(N3CCNCC3)C2)c(Br)c1O. The van der Waals surface area contributed by atoms with Crippen LogP contribution in [0.25, 0.3) is 0 Å². The van der Waals surface area contributed by atoms with Crippen molar-refractivity contribution in [2.24, 2.45) is 0 Å². The van der Waals surface area contributed by atoms with Crippen molar-refractivity contribution in [3.05, 3.63) is 22.2 Å². The molecule has 0 amide bonds. The monoisotopic (exact) mass is 369 g/mol. The average molecular weight is 370 g/mol. The molecule has 1 aromatic rings. The fourth-order valence-corrected chi connectivity index (χ4v) is 3.87. The summed E-state index contributed by atoms with van der Waals surface area (Å²) >= 11 is 3.50. The summed E-state index contributed by atoms with van der Waals surface area (Å²) in [4.78, 5) is 5.08. The number of nitrogens with one attached hydrogen (secondary N) is 1. The number of likely N-dealkylation sites (tertiary alicyclic amines) is 1. The second-order valence-electron chi connectivity index (χ2n) is 6.05. The molecule has 0 spiro atoms. The second-order valence-corrected chi connectivity index (χ2v) is 6.85. The summed E-state index contributed by atoms with van der Waals surface area (Å²) < 4.78 is 5.89. The molecule has 2 N–H and O–H groups in total. The molecule has 5 nitrogen and oxygen atoms in total. The summed E-state index contributed by atoms with van der Waals surface area (Å²) in [5.41, 5.74) is 1.11. The van der Waals surface area contributed by atoms with Gasteiger partial charge in [-0.05, 0) is 34.0 Å². The standard InChI is InChI=1S/C16H24BrN3O2/c1-22-14-3-2-12(15(17)16(14)21)10-19-7-4-13(11-19)20-8-5-18-6-9-20/h2-3,13,18,21H,4-11H2,1H3. The van der Waals surface area contributed by atoms with E-state index in [2.05, 4.69) is 31.0 Å². The third kappa shape index (κ3) is 3.40. The van der Waals surface area contributed by atoms with Gasteiger partial charge in [-0.25, -0.2) is 0 Å². The Morgan fingerprint density at radius 1 is 1.32 bits per heavy atom. The molecule has 0 radical (unpaired) electrons. The zero-order valence-corrected chi connectivity index (χ0v) is 14.6. The molecule has 2 heterocycles. The van der Waals surface area contributed by atoms with E-state index in [0.29, 0.717) is 11.8 Å². The molecule has 2 saturated heterocycles. The fourth-order valence-electron chi connectivity index (χ4n) is 3.42. The fraction of sp³-hybridized carbons (Fsp3) is 0.625. The van der Waals surface area contributed by atoms with Crippen LogP contribution in [0.2, 0.25) is 0 Å². The predicted molar refractivity (Wildman–Crippen MR) is 90.5 cm³/mol. The van der Waals surface area contributed by atoms with Crippen molar-refractivity contribution in [1.82, 2.24) is 15.1 Å². The van der Waals surface area contributed by atoms with Gasteiger partial charge >= 0.3 is 0 Å². The van der Waals surface area contributed by atoms with Crippen molar-refractivity contribution >= 4 is 15.9 Å². The van der Waals surface area contributed by atoms with E-state index < -0.39 is 0 Å². The van der Waals surface area contributed by atoms with Crippen LogP contribution in [0.15, 0.2) is 16.6 Å². The molecule has 0 aliphatic carbocycles. The number of piperazine rings is 1. The number of nitrogens with zero attached hydrogens (tertiary/aromatic N) is 2. The van der Waals surface area contributed by atoms with E-state index in [1.807, 2.05) is 12.1 Å². The molecule has 1 atom stereocenters. The number of phenolic OH excluding ortho intramolecular Hbond substituents is 1. The molecule has 1 unspecified atom stereocenters. The maximum absolute atomic E-state index is 10.1. The van der Waals surface area contributed by atoms with E-state index in [1.165, 1.54) is 6.42 Å². The van der Waals surface area contributed by atoms with Gasteiger partial charge in [0, 0.05) is 51.9 Å². The number of hydrogen-bond donors (Lipinski definition) is 2. The summed E-state index contributed by atoms with van der Waals surface area (Å²) in [6.07, 6.45) is 1.24. The van der Waals surface area contributed by atoms with Crippen LogP contribution in [0.5, 0.6) is 11.5 Å². The molecule has 0 saturated carbocycles. The minimum Gasteiger partial charge on any atom is -0.503 e. The van der Waals surface area contributed by atoms with Crippen molar-refractivity contribution < 1.29 is 9.84 Å². The van der Waals surface area contributed by atoms with Gasteiger partial charge in [0.05, 0.1) is 11.6 Å². The molecule has 0 bridgehead atoms. The lowest BCUT2D eigenvalue weighted by molar-refractivity contribution is 0.170. The largest absolute Gasteiger partial charge is 0.503 e. The van der Waals surface area contributed by atoms with Gasteiger partial charge < -0.3 is 15.2 Å². The highest BCUT2D eigenvalue weighted by Crippen LogP contribution is 2.37. The van der Waals surface area contributed by atoms with Gasteiger partial charge in [0.1, 0.15) is 0 Å². The van der Waals surface area contributed by atoms with E-state index in [4.69, 9.17) is 4.74 Å². The Morgan fingerprint density at radius 3 is 2.82 bits per heavy atom. The van der Waals surface area contributed by atoms with Crippen molar-refractivity contribution in [3.63, 3.8) is 0 Å². The molecular formula is C16H24BrN3O2. The molecule has 3 rings (SSSR count). The highest BCUT2D eigenvalue weighted by Gasteiger charge is 2.28. The first kappa shape index (κ1) is 16.1. The first-order valence-electron chi connectivity index (χ1n) is 7.90. The van der Waals surface area contributed by atoms with Gasteiger partial charge in [0.15, 0.2) is 11.5 Å². The van der Waals surface area contributed by atoms with E-state index >= 15 is 0 Å². The number of aromatic hydroxyl groups is 1. The molecule has 2 aliphatic heterocycles. The van der Waals surface area contributed by atoms with Crippen LogP contribution in [0, 0.1) is 0 Å². The summed E-state index contributed by atoms with van der Waals surface area (Å²) in [5.74, 6) is 0.702. The van der Waals surface area contributed by atoms with Gasteiger partial charge in [-0.2, -0.15) is 0 Å². The van der Waals surface area contributed by atoms with Gasteiger partial charge in [-0.1, -0.05) is 6.07 Å². The maximum atomic E-state index is 10.1. The number of ether oxygens (including phenoxy) is 1. The zero-order chi connectivity index (χ0) is 15.5. The first-order chi connectivity index (χ1) is 10.7. The third-order valence-electron chi connectivity index (χ3n) is 4.69. The van der Waals surface area contributed by atoms with Crippen LogP contribution >= 0.6 is 15.9 Å². The van der Waals surface area contributed by atoms with Crippen molar-refractivity contribution in [2.75, 3.05) is 46.4 Å².